The lowest BCUT2D eigenvalue weighted by molar-refractivity contribution is -0.385. The summed E-state index contributed by atoms with van der Waals surface area (Å²) in [5.74, 6) is -5.15. The zero-order valence-corrected chi connectivity index (χ0v) is 46.4. The van der Waals surface area contributed by atoms with Gasteiger partial charge in [0, 0.05) is 48.5 Å². The van der Waals surface area contributed by atoms with Crippen molar-refractivity contribution < 1.29 is 77.8 Å². The Hall–Kier alpha value is -13.4. The molecule has 0 atom stereocenters. The Bertz CT molecular complexity index is 4200. The van der Waals surface area contributed by atoms with E-state index in [1.54, 1.807) is 140 Å². The molecule has 448 valence electrons. The van der Waals surface area contributed by atoms with Crippen LogP contribution in [-0.4, -0.2) is 55.5 Å². The summed E-state index contributed by atoms with van der Waals surface area (Å²) < 4.78 is 0. The Labute approximate surface area is 508 Å². The number of nitro benzene ring substituents is 4. The van der Waals surface area contributed by atoms with Gasteiger partial charge in [-0.3, -0.25) is 40.5 Å². The summed E-state index contributed by atoms with van der Waals surface area (Å²) >= 11 is 0. The second-order valence-corrected chi connectivity index (χ2v) is 18.1. The number of rotatable bonds is 16. The third-order valence-electron chi connectivity index (χ3n) is 12.1. The summed E-state index contributed by atoms with van der Waals surface area (Å²) in [5, 5.41) is 43.5. The van der Waals surface area contributed by atoms with E-state index in [9.17, 15) is 69.2 Å². The normalized spacial score (nSPS) is 10.5. The molecule has 0 radical (unpaired) electrons. The summed E-state index contributed by atoms with van der Waals surface area (Å²) in [5.41, 5.74) is 3.57. The molecule has 0 saturated heterocycles. The number of carbonyl (C=O) groups excluding carboxylic acids is 6. The van der Waals surface area contributed by atoms with E-state index in [0.29, 0.717) is 27.8 Å². The van der Waals surface area contributed by atoms with Crippen LogP contribution in [0.5, 0.6) is 0 Å². The van der Waals surface area contributed by atoms with Gasteiger partial charge in [0.05, 0.1) is 53.1 Å². The maximum absolute atomic E-state index is 12.4. The predicted octanol–water partition coefficient (Wildman–Crippen LogP) is 14.0. The highest BCUT2D eigenvalue weighted by Gasteiger charge is 2.21. The Kier molecular flexibility index (Phi) is 22.9. The van der Waals surface area contributed by atoms with Gasteiger partial charge in [-0.2, -0.15) is 0 Å². The van der Waals surface area contributed by atoms with E-state index >= 15 is 0 Å². The standard InChI is InChI=1S/C22H14N2O8.2C22H15NO6/c25-21(16-4-2-1-3-5-16)31-32-22(26)20-13-12-19(24(29)30)14-17(20)9-6-15-7-10-18(11-8-15)23(27)28;24-21(18-9-2-1-3-10-18)28-29-22(25)20-12-5-4-8-17(20)14-13-16-7-6-11-19(15-16)23(26)27;24-21(18-7-2-1-3-8-18)28-29-22(25)20-9-5-4-6-17(20)13-10-16-11-14-19(15-12-16)23(26)27/h1-14H;2*1-15H/b9-6+;14-13+;13-10+. The molecule has 0 aliphatic rings. The lowest BCUT2D eigenvalue weighted by Gasteiger charge is -2.06. The average molecular weight is 1210 g/mol. The molecular formula is C66H44N4O20. The van der Waals surface area contributed by atoms with Crippen LogP contribution in [0.3, 0.4) is 0 Å². The summed E-state index contributed by atoms with van der Waals surface area (Å²) in [6.45, 7) is 0. The van der Waals surface area contributed by atoms with Gasteiger partial charge in [0.1, 0.15) is 0 Å². The second kappa shape index (κ2) is 32.0. The van der Waals surface area contributed by atoms with Crippen LogP contribution in [0, 0.1) is 40.5 Å². The number of non-ortho nitro benzene ring substituents is 4. The summed E-state index contributed by atoms with van der Waals surface area (Å²) in [4.78, 5) is 142. The fourth-order valence-electron chi connectivity index (χ4n) is 7.59. The van der Waals surface area contributed by atoms with E-state index in [-0.39, 0.29) is 61.7 Å². The minimum absolute atomic E-state index is 0.00800. The molecule has 90 heavy (non-hydrogen) atoms. The van der Waals surface area contributed by atoms with Crippen molar-refractivity contribution in [3.63, 3.8) is 0 Å². The van der Waals surface area contributed by atoms with Crippen LogP contribution in [-0.2, 0) is 29.3 Å². The average Bonchev–Trinajstić information content (AvgIpc) is 2.67. The van der Waals surface area contributed by atoms with Crippen LogP contribution in [0.1, 0.15) is 95.5 Å². The fourth-order valence-corrected chi connectivity index (χ4v) is 7.59. The number of hydrogen-bond donors (Lipinski definition) is 0. The second-order valence-electron chi connectivity index (χ2n) is 18.1. The van der Waals surface area contributed by atoms with Gasteiger partial charge in [0.25, 0.3) is 22.7 Å². The number of nitrogens with zero attached hydrogens (tertiary/aromatic N) is 4. The van der Waals surface area contributed by atoms with Crippen LogP contribution in [0.15, 0.2) is 231 Å². The number of carbonyl (C=O) groups is 6. The van der Waals surface area contributed by atoms with Crippen LogP contribution >= 0.6 is 0 Å². The van der Waals surface area contributed by atoms with Crippen molar-refractivity contribution in [2.24, 2.45) is 0 Å². The number of nitro groups is 4. The van der Waals surface area contributed by atoms with E-state index in [1.165, 1.54) is 115 Å². The van der Waals surface area contributed by atoms with E-state index in [4.69, 9.17) is 0 Å². The highest BCUT2D eigenvalue weighted by Crippen LogP contribution is 2.24. The van der Waals surface area contributed by atoms with E-state index < -0.39 is 55.5 Å². The van der Waals surface area contributed by atoms with Crippen LogP contribution in [0.25, 0.3) is 36.5 Å². The number of hydrogen-bond acceptors (Lipinski definition) is 20. The lowest BCUT2D eigenvalue weighted by atomic mass is 10.0. The van der Waals surface area contributed by atoms with E-state index in [2.05, 4.69) is 29.3 Å². The predicted molar refractivity (Wildman–Crippen MR) is 324 cm³/mol. The minimum Gasteiger partial charge on any atom is -0.258 e. The molecule has 24 heteroatoms. The van der Waals surface area contributed by atoms with Crippen molar-refractivity contribution in [2.45, 2.75) is 0 Å². The first-order valence-electron chi connectivity index (χ1n) is 26.1. The molecule has 9 aromatic carbocycles. The maximum atomic E-state index is 12.4. The van der Waals surface area contributed by atoms with E-state index in [1.807, 2.05) is 0 Å². The summed E-state index contributed by atoms with van der Waals surface area (Å²) in [6, 6.07) is 58.3. The molecule has 0 saturated carbocycles. The highest BCUT2D eigenvalue weighted by atomic mass is 17.2. The highest BCUT2D eigenvalue weighted by molar-refractivity contribution is 5.98. The van der Waals surface area contributed by atoms with Crippen molar-refractivity contribution >= 4 is 95.0 Å². The van der Waals surface area contributed by atoms with Crippen molar-refractivity contribution in [3.05, 3.63) is 338 Å². The quantitative estimate of drug-likeness (QED) is 0.0375. The molecule has 0 heterocycles. The smallest absolute Gasteiger partial charge is 0.258 e. The molecule has 24 nitrogen and oxygen atoms in total. The number of benzene rings is 9. The molecular weight excluding hydrogens is 1170 g/mol. The van der Waals surface area contributed by atoms with Crippen LogP contribution < -0.4 is 0 Å². The van der Waals surface area contributed by atoms with Crippen molar-refractivity contribution in [3.8, 4) is 0 Å². The van der Waals surface area contributed by atoms with Gasteiger partial charge in [0.2, 0.25) is 0 Å². The monoisotopic (exact) mass is 1210 g/mol. The zero-order valence-electron chi connectivity index (χ0n) is 46.4. The first-order valence-corrected chi connectivity index (χ1v) is 26.1. The molecule has 0 N–H and O–H groups in total. The fraction of sp³-hybridized carbons (Fsp3) is 0. The van der Waals surface area contributed by atoms with Crippen LogP contribution in [0.2, 0.25) is 0 Å². The molecule has 0 spiro atoms. The van der Waals surface area contributed by atoms with Crippen molar-refractivity contribution in [2.75, 3.05) is 0 Å². The molecule has 0 amide bonds. The van der Waals surface area contributed by atoms with Gasteiger partial charge in [0.15, 0.2) is 0 Å². The topological polar surface area (TPSA) is 330 Å². The van der Waals surface area contributed by atoms with Gasteiger partial charge < -0.3 is 0 Å². The van der Waals surface area contributed by atoms with Crippen molar-refractivity contribution in [1.29, 1.82) is 0 Å². The van der Waals surface area contributed by atoms with Gasteiger partial charge in [-0.05, 0) is 112 Å². The molecule has 0 fully saturated rings. The Morgan fingerprint density at radius 1 is 0.256 bits per heavy atom. The minimum atomic E-state index is -1.03. The molecule has 0 aliphatic heterocycles. The first-order chi connectivity index (χ1) is 43.4. The largest absolute Gasteiger partial charge is 0.386 e. The van der Waals surface area contributed by atoms with Gasteiger partial charge in [-0.25, -0.2) is 58.1 Å². The van der Waals surface area contributed by atoms with Gasteiger partial charge in [-0.15, -0.1) is 0 Å². The summed E-state index contributed by atoms with van der Waals surface area (Å²) in [6.07, 6.45) is 9.53. The van der Waals surface area contributed by atoms with Gasteiger partial charge in [-0.1, -0.05) is 140 Å². The van der Waals surface area contributed by atoms with Gasteiger partial charge >= 0.3 is 35.8 Å². The Morgan fingerprint density at radius 3 is 0.933 bits per heavy atom. The molecule has 9 rings (SSSR count). The molecule has 0 aliphatic carbocycles. The lowest BCUT2D eigenvalue weighted by Crippen LogP contribution is -2.13. The molecule has 0 aromatic heterocycles. The first kappa shape index (κ1) is 64.2. The van der Waals surface area contributed by atoms with Crippen molar-refractivity contribution in [1.82, 2.24) is 0 Å². The zero-order chi connectivity index (χ0) is 64.4. The SMILES string of the molecule is O=C(OOC(=O)c1ccc([N+](=O)[O-])cc1/C=C/c1ccc([N+](=O)[O-])cc1)c1ccccc1.O=C(OOC(=O)c1ccccc1/C=C/c1ccc([N+](=O)[O-])cc1)c1ccccc1.O=C(OOC(=O)c1ccccc1/C=C/c1cccc([N+](=O)[O-])c1)c1ccccc1. The molecule has 0 unspecified atom stereocenters. The Balaban J connectivity index is 0.000000192. The summed E-state index contributed by atoms with van der Waals surface area (Å²) in [7, 11) is 0. The van der Waals surface area contributed by atoms with Crippen LogP contribution in [0.4, 0.5) is 22.7 Å². The van der Waals surface area contributed by atoms with E-state index in [0.717, 1.165) is 12.1 Å². The molecule has 0 bridgehead atoms. The third kappa shape index (κ3) is 19.1. The Morgan fingerprint density at radius 2 is 0.556 bits per heavy atom. The maximum Gasteiger partial charge on any atom is 0.386 e. The molecule has 9 aromatic rings. The third-order valence-corrected chi connectivity index (χ3v) is 12.1.